The van der Waals surface area contributed by atoms with Gasteiger partial charge in [-0.25, -0.2) is 26.1 Å². The fourth-order valence-corrected chi connectivity index (χ4v) is 6.40. The van der Waals surface area contributed by atoms with Crippen LogP contribution in [0.2, 0.25) is 0 Å². The van der Waals surface area contributed by atoms with Gasteiger partial charge >= 0.3 is 0 Å². The number of sulfonamides is 1. The minimum Gasteiger partial charge on any atom is -0.308 e. The zero-order valence-electron chi connectivity index (χ0n) is 16.6. The number of benzene rings is 1. The molecule has 0 aliphatic carbocycles. The Balaban J connectivity index is 1.74. The van der Waals surface area contributed by atoms with Crippen LogP contribution in [0.4, 0.5) is 5.69 Å². The molecular weight excluding hydrogens is 446 g/mol. The van der Waals surface area contributed by atoms with Crippen molar-refractivity contribution in [2.24, 2.45) is 0 Å². The summed E-state index contributed by atoms with van der Waals surface area (Å²) < 4.78 is 49.2. The molecule has 1 saturated heterocycles. The van der Waals surface area contributed by atoms with Crippen molar-refractivity contribution < 1.29 is 21.6 Å². The van der Waals surface area contributed by atoms with E-state index in [-0.39, 0.29) is 28.1 Å². The van der Waals surface area contributed by atoms with Gasteiger partial charge in [0.15, 0.2) is 9.84 Å². The van der Waals surface area contributed by atoms with E-state index < -0.39 is 25.9 Å². The van der Waals surface area contributed by atoms with Crippen molar-refractivity contribution in [2.75, 3.05) is 36.3 Å². The van der Waals surface area contributed by atoms with Gasteiger partial charge in [0, 0.05) is 26.0 Å². The van der Waals surface area contributed by atoms with Crippen LogP contribution in [0, 0.1) is 0 Å². The van der Waals surface area contributed by atoms with Crippen LogP contribution in [-0.4, -0.2) is 69.4 Å². The number of aromatic nitrogens is 1. The summed E-state index contributed by atoms with van der Waals surface area (Å²) in [5.41, 5.74) is 0.658. The molecule has 0 unspecified atom stereocenters. The number of carbonyl (C=O) groups excluding carboxylic acids is 1. The van der Waals surface area contributed by atoms with Crippen molar-refractivity contribution in [2.45, 2.75) is 22.4 Å². The second kappa shape index (κ2) is 9.04. The average Bonchev–Trinajstić information content (AvgIpc) is 3.06. The maximum absolute atomic E-state index is 13.0. The second-order valence-electron chi connectivity index (χ2n) is 7.06. The van der Waals surface area contributed by atoms with Gasteiger partial charge in [0.1, 0.15) is 4.90 Å². The number of rotatable bonds is 7. The fraction of sp³-hybridized carbons (Fsp3) is 0.368. The van der Waals surface area contributed by atoms with Crippen LogP contribution in [0.5, 0.6) is 0 Å². The quantitative estimate of drug-likeness (QED) is 0.568. The molecule has 1 aliphatic rings. The maximum atomic E-state index is 13.0. The minimum atomic E-state index is -3.57. The summed E-state index contributed by atoms with van der Waals surface area (Å²) in [4.78, 5) is 18.8. The number of pyridine rings is 1. The summed E-state index contributed by atoms with van der Waals surface area (Å²) in [6.07, 6.45) is 1.67. The Hall–Kier alpha value is -1.95. The first kappa shape index (κ1) is 22.7. The van der Waals surface area contributed by atoms with Gasteiger partial charge in [-0.05, 0) is 30.7 Å². The van der Waals surface area contributed by atoms with Crippen molar-refractivity contribution >= 4 is 43.2 Å². The van der Waals surface area contributed by atoms with E-state index in [0.29, 0.717) is 17.1 Å². The van der Waals surface area contributed by atoms with E-state index in [1.807, 2.05) is 6.07 Å². The van der Waals surface area contributed by atoms with Crippen LogP contribution < -0.4 is 4.90 Å². The molecule has 1 atom stereocenters. The molecule has 0 N–H and O–H groups in total. The molecule has 1 fully saturated rings. The third-order valence-corrected chi connectivity index (χ3v) is 9.19. The number of para-hydroxylation sites is 1. The molecule has 1 aromatic heterocycles. The zero-order chi connectivity index (χ0) is 21.9. The summed E-state index contributed by atoms with van der Waals surface area (Å²) in [5.74, 6) is -0.142. The van der Waals surface area contributed by atoms with Crippen molar-refractivity contribution in [1.82, 2.24) is 9.29 Å². The van der Waals surface area contributed by atoms with Crippen LogP contribution in [0.15, 0.2) is 58.6 Å². The maximum Gasteiger partial charge on any atom is 0.244 e. The monoisotopic (exact) mass is 469 g/mol. The highest BCUT2D eigenvalue weighted by molar-refractivity contribution is 7.99. The number of thioether (sulfide) groups is 1. The molecule has 0 bridgehead atoms. The Morgan fingerprint density at radius 1 is 1.17 bits per heavy atom. The third-order valence-electron chi connectivity index (χ3n) is 4.71. The van der Waals surface area contributed by atoms with E-state index in [1.165, 1.54) is 38.1 Å². The summed E-state index contributed by atoms with van der Waals surface area (Å²) >= 11 is 1.18. The summed E-state index contributed by atoms with van der Waals surface area (Å²) in [5, 5.41) is 0.508. The van der Waals surface area contributed by atoms with Gasteiger partial charge in [0.2, 0.25) is 15.9 Å². The highest BCUT2D eigenvalue weighted by Crippen LogP contribution is 2.26. The van der Waals surface area contributed by atoms with E-state index in [0.717, 1.165) is 4.31 Å². The number of amides is 1. The van der Waals surface area contributed by atoms with Crippen LogP contribution in [0.25, 0.3) is 0 Å². The summed E-state index contributed by atoms with van der Waals surface area (Å²) in [7, 11) is -3.83. The average molecular weight is 470 g/mol. The van der Waals surface area contributed by atoms with Crippen molar-refractivity contribution in [3.05, 3.63) is 48.7 Å². The molecule has 0 spiro atoms. The lowest BCUT2D eigenvalue weighted by atomic mass is 10.2. The number of hydrogen-bond acceptors (Lipinski definition) is 7. The molecule has 3 rings (SSSR count). The third kappa shape index (κ3) is 5.20. The summed E-state index contributed by atoms with van der Waals surface area (Å²) in [6, 6.07) is 11.6. The molecule has 1 amide bonds. The molecule has 0 radical (unpaired) electrons. The molecular formula is C19H23N3O5S3. The summed E-state index contributed by atoms with van der Waals surface area (Å²) in [6.45, 7) is 0. The molecule has 30 heavy (non-hydrogen) atoms. The normalized spacial score (nSPS) is 18.4. The first-order valence-corrected chi connectivity index (χ1v) is 13.4. The number of nitrogens with zero attached hydrogens (tertiary/aromatic N) is 3. The highest BCUT2D eigenvalue weighted by atomic mass is 32.2. The van der Waals surface area contributed by atoms with Crippen LogP contribution in [-0.2, 0) is 24.7 Å². The van der Waals surface area contributed by atoms with Gasteiger partial charge in [0.25, 0.3) is 0 Å². The highest BCUT2D eigenvalue weighted by Gasteiger charge is 2.35. The zero-order valence-corrected chi connectivity index (χ0v) is 19.1. The van der Waals surface area contributed by atoms with E-state index in [4.69, 9.17) is 0 Å². The molecule has 2 aromatic rings. The molecule has 11 heteroatoms. The predicted octanol–water partition coefficient (Wildman–Crippen LogP) is 1.64. The smallest absolute Gasteiger partial charge is 0.244 e. The number of carbonyl (C=O) groups is 1. The van der Waals surface area contributed by atoms with Crippen LogP contribution >= 0.6 is 11.8 Å². The van der Waals surface area contributed by atoms with Gasteiger partial charge in [-0.15, -0.1) is 0 Å². The number of hydrogen-bond donors (Lipinski definition) is 0. The first-order valence-electron chi connectivity index (χ1n) is 9.19. The topological polar surface area (TPSA) is 105 Å². The van der Waals surface area contributed by atoms with E-state index >= 15 is 0 Å². The van der Waals surface area contributed by atoms with Gasteiger partial charge in [0.05, 0.1) is 28.3 Å². The van der Waals surface area contributed by atoms with Crippen molar-refractivity contribution in [1.29, 1.82) is 0 Å². The lowest BCUT2D eigenvalue weighted by molar-refractivity contribution is -0.116. The molecule has 2 heterocycles. The molecule has 8 nitrogen and oxygen atoms in total. The van der Waals surface area contributed by atoms with Crippen molar-refractivity contribution in [3.63, 3.8) is 0 Å². The Morgan fingerprint density at radius 2 is 1.87 bits per heavy atom. The molecule has 0 saturated carbocycles. The Morgan fingerprint density at radius 3 is 2.40 bits per heavy atom. The van der Waals surface area contributed by atoms with Gasteiger partial charge in [-0.2, -0.15) is 0 Å². The standard InChI is InChI=1S/C19H23N3O5S3/c1-21(2)30(26,27)17-8-9-18(20-12-17)28-13-19(23)22(15-6-4-3-5-7-15)16-10-11-29(24,25)14-16/h3-9,12,16H,10-11,13-14H2,1-2H3/t16-/m1/s1. The molecule has 1 aliphatic heterocycles. The van der Waals surface area contributed by atoms with Crippen LogP contribution in [0.1, 0.15) is 6.42 Å². The van der Waals surface area contributed by atoms with Gasteiger partial charge < -0.3 is 4.90 Å². The molecule has 162 valence electrons. The number of anilines is 1. The Bertz CT molecular complexity index is 1100. The molecule has 1 aromatic carbocycles. The van der Waals surface area contributed by atoms with E-state index in [2.05, 4.69) is 4.98 Å². The second-order valence-corrected chi connectivity index (χ2v) is 12.4. The largest absolute Gasteiger partial charge is 0.308 e. The van der Waals surface area contributed by atoms with Gasteiger partial charge in [-0.1, -0.05) is 30.0 Å². The predicted molar refractivity (Wildman–Crippen MR) is 117 cm³/mol. The van der Waals surface area contributed by atoms with E-state index in [9.17, 15) is 21.6 Å². The van der Waals surface area contributed by atoms with Crippen LogP contribution in [0.3, 0.4) is 0 Å². The first-order chi connectivity index (χ1) is 14.1. The lowest BCUT2D eigenvalue weighted by Crippen LogP contribution is -2.42. The minimum absolute atomic E-state index is 0.0480. The Kier molecular flexibility index (Phi) is 6.85. The van der Waals surface area contributed by atoms with E-state index in [1.54, 1.807) is 35.2 Å². The number of sulfone groups is 1. The lowest BCUT2D eigenvalue weighted by Gasteiger charge is -2.28. The SMILES string of the molecule is CN(C)S(=O)(=O)c1ccc(SCC(=O)N(c2ccccc2)[C@@H]2CCS(=O)(=O)C2)nc1. The fourth-order valence-electron chi connectivity index (χ4n) is 3.15. The Labute approximate surface area is 181 Å². The van der Waals surface area contributed by atoms with Gasteiger partial charge in [-0.3, -0.25) is 4.79 Å². The van der Waals surface area contributed by atoms with Crippen molar-refractivity contribution in [3.8, 4) is 0 Å².